The number of nitrogen functional groups attached to an aromatic ring is 1. The van der Waals surface area contributed by atoms with Gasteiger partial charge in [-0.25, -0.2) is 0 Å². The van der Waals surface area contributed by atoms with Crippen molar-refractivity contribution in [3.05, 3.63) is 35.9 Å². The van der Waals surface area contributed by atoms with Crippen LogP contribution in [0.3, 0.4) is 0 Å². The summed E-state index contributed by atoms with van der Waals surface area (Å²) in [5.41, 5.74) is 6.30. The lowest BCUT2D eigenvalue weighted by atomic mass is 10.1. The lowest BCUT2D eigenvalue weighted by molar-refractivity contribution is 0.318. The molecule has 0 heterocycles. The minimum absolute atomic E-state index is 0.0131. The molecule has 2 aromatic carbocycles. The molecule has 0 unspecified atom stereocenters. The summed E-state index contributed by atoms with van der Waals surface area (Å²) in [6.07, 6.45) is -0.0131. The van der Waals surface area contributed by atoms with E-state index < -0.39 is 51.6 Å². The van der Waals surface area contributed by atoms with E-state index in [1.54, 1.807) is 6.92 Å². The van der Waals surface area contributed by atoms with Crippen molar-refractivity contribution < 1.29 is 43.6 Å². The third-order valence-corrected chi connectivity index (χ3v) is 6.44. The third kappa shape index (κ3) is 7.21. The summed E-state index contributed by atoms with van der Waals surface area (Å²) in [7, 11) is -13.8. The van der Waals surface area contributed by atoms with Crippen molar-refractivity contribution in [3.63, 3.8) is 0 Å². The molecular formula is C16H19N3O10S3. The number of hydrogen-bond donors (Lipinski definition) is 4. The van der Waals surface area contributed by atoms with Crippen LogP contribution in [0.4, 0.5) is 17.1 Å². The van der Waals surface area contributed by atoms with Crippen LogP contribution in [0.5, 0.6) is 5.75 Å². The Morgan fingerprint density at radius 1 is 0.906 bits per heavy atom. The highest BCUT2D eigenvalue weighted by Gasteiger charge is 2.20. The van der Waals surface area contributed by atoms with E-state index in [0.29, 0.717) is 11.6 Å². The van der Waals surface area contributed by atoms with Crippen LogP contribution in [-0.2, 0) is 30.4 Å². The summed E-state index contributed by atoms with van der Waals surface area (Å²) in [5.74, 6) is -0.389. The maximum atomic E-state index is 11.6. The van der Waals surface area contributed by atoms with Crippen molar-refractivity contribution in [3.8, 4) is 5.75 Å². The summed E-state index contributed by atoms with van der Waals surface area (Å²) < 4.78 is 99.7. The normalized spacial score (nSPS) is 12.9. The zero-order valence-electron chi connectivity index (χ0n) is 16.4. The monoisotopic (exact) mass is 509 g/mol. The van der Waals surface area contributed by atoms with E-state index in [-0.39, 0.29) is 30.2 Å². The standard InChI is InChI=1S/C16H19N3O10S3/c1-10-7-12(17)15(29-5-2-6-30(20,21)22)9-14(10)19-18-13-4-3-11(31(23,24)25)8-16(13)32(26,27)28/h3-4,7-9H,2,5-6,17H2,1H3,(H,20,21,22)(H,23,24,25)(H,26,27,28). The van der Waals surface area contributed by atoms with Gasteiger partial charge in [0.15, 0.2) is 0 Å². The van der Waals surface area contributed by atoms with Gasteiger partial charge in [0, 0.05) is 6.07 Å². The zero-order chi connectivity index (χ0) is 24.3. The Morgan fingerprint density at radius 3 is 2.09 bits per heavy atom. The van der Waals surface area contributed by atoms with E-state index in [0.717, 1.165) is 12.1 Å². The molecule has 13 nitrogen and oxygen atoms in total. The first-order valence-electron chi connectivity index (χ1n) is 8.57. The van der Waals surface area contributed by atoms with Gasteiger partial charge >= 0.3 is 0 Å². The van der Waals surface area contributed by atoms with E-state index >= 15 is 0 Å². The Balaban J connectivity index is 2.37. The fourth-order valence-corrected chi connectivity index (χ4v) is 4.12. The first-order chi connectivity index (χ1) is 14.6. The molecule has 0 amide bonds. The molecule has 0 radical (unpaired) electrons. The molecule has 2 rings (SSSR count). The van der Waals surface area contributed by atoms with Gasteiger partial charge in [-0.15, -0.1) is 5.11 Å². The highest BCUT2D eigenvalue weighted by Crippen LogP contribution is 2.34. The van der Waals surface area contributed by atoms with Crippen LogP contribution >= 0.6 is 0 Å². The molecule has 32 heavy (non-hydrogen) atoms. The number of nitrogens with zero attached hydrogens (tertiary/aromatic N) is 2. The second-order valence-corrected chi connectivity index (χ2v) is 10.8. The number of rotatable bonds is 9. The lowest BCUT2D eigenvalue weighted by Crippen LogP contribution is -2.09. The van der Waals surface area contributed by atoms with E-state index in [1.807, 2.05) is 0 Å². The maximum absolute atomic E-state index is 11.6. The summed E-state index contributed by atoms with van der Waals surface area (Å²) >= 11 is 0. The Kier molecular flexibility index (Phi) is 7.59. The molecule has 0 aliphatic rings. The molecular weight excluding hydrogens is 490 g/mol. The highest BCUT2D eigenvalue weighted by molar-refractivity contribution is 7.86. The predicted octanol–water partition coefficient (Wildman–Crippen LogP) is 2.14. The smallest absolute Gasteiger partial charge is 0.296 e. The number of azo groups is 1. The average Bonchev–Trinajstić information content (AvgIpc) is 2.63. The van der Waals surface area contributed by atoms with Crippen molar-refractivity contribution in [1.82, 2.24) is 0 Å². The lowest BCUT2D eigenvalue weighted by Gasteiger charge is -2.11. The second kappa shape index (κ2) is 9.47. The van der Waals surface area contributed by atoms with Gasteiger partial charge in [-0.3, -0.25) is 13.7 Å². The van der Waals surface area contributed by atoms with E-state index in [9.17, 15) is 29.8 Å². The molecule has 176 valence electrons. The SMILES string of the molecule is Cc1cc(N)c(OCCCS(=O)(=O)O)cc1N=Nc1ccc(S(=O)(=O)O)cc1S(=O)(=O)O. The molecule has 0 aromatic heterocycles. The van der Waals surface area contributed by atoms with Crippen LogP contribution in [-0.4, -0.2) is 51.3 Å². The van der Waals surface area contributed by atoms with Gasteiger partial charge in [0.25, 0.3) is 30.4 Å². The number of aryl methyl sites for hydroxylation is 1. The van der Waals surface area contributed by atoms with Gasteiger partial charge in [-0.1, -0.05) is 0 Å². The number of ether oxygens (including phenoxy) is 1. The van der Waals surface area contributed by atoms with Crippen molar-refractivity contribution in [2.24, 2.45) is 10.2 Å². The van der Waals surface area contributed by atoms with Crippen molar-refractivity contribution >= 4 is 47.4 Å². The molecule has 0 bridgehead atoms. The van der Waals surface area contributed by atoms with Gasteiger partial charge in [0.05, 0.1) is 28.6 Å². The Hall–Kier alpha value is -2.63. The average molecular weight is 510 g/mol. The molecule has 16 heteroatoms. The molecule has 0 saturated carbocycles. The van der Waals surface area contributed by atoms with Gasteiger partial charge in [-0.05, 0) is 43.2 Å². The maximum Gasteiger partial charge on any atom is 0.296 e. The van der Waals surface area contributed by atoms with Crippen molar-refractivity contribution in [1.29, 1.82) is 0 Å². The Bertz CT molecular complexity index is 1370. The third-order valence-electron chi connectivity index (χ3n) is 3.91. The Morgan fingerprint density at radius 2 is 1.53 bits per heavy atom. The van der Waals surface area contributed by atoms with Crippen LogP contribution < -0.4 is 10.5 Å². The van der Waals surface area contributed by atoms with Crippen molar-refractivity contribution in [2.45, 2.75) is 23.1 Å². The molecule has 0 fully saturated rings. The predicted molar refractivity (Wildman–Crippen MR) is 112 cm³/mol. The van der Waals surface area contributed by atoms with Crippen LogP contribution in [0.1, 0.15) is 12.0 Å². The summed E-state index contributed by atoms with van der Waals surface area (Å²) in [6, 6.07) is 5.14. The van der Waals surface area contributed by atoms with Crippen LogP contribution in [0.15, 0.2) is 50.4 Å². The molecule has 0 atom stereocenters. The number of anilines is 1. The molecule has 2 aromatic rings. The molecule has 0 aliphatic heterocycles. The van der Waals surface area contributed by atoms with Crippen molar-refractivity contribution in [2.75, 3.05) is 18.1 Å². The fourth-order valence-electron chi connectivity index (χ4n) is 2.41. The first-order valence-corrected chi connectivity index (χ1v) is 13.1. The van der Waals surface area contributed by atoms with E-state index in [4.69, 9.17) is 19.6 Å². The number of hydrogen-bond acceptors (Lipinski definition) is 10. The van der Waals surface area contributed by atoms with Gasteiger partial charge in [0.2, 0.25) is 0 Å². The topological polar surface area (TPSA) is 223 Å². The molecule has 0 saturated heterocycles. The fraction of sp³-hybridized carbons (Fsp3) is 0.250. The van der Waals surface area contributed by atoms with Gasteiger partial charge < -0.3 is 10.5 Å². The van der Waals surface area contributed by atoms with Crippen LogP contribution in [0.2, 0.25) is 0 Å². The highest BCUT2D eigenvalue weighted by atomic mass is 32.2. The van der Waals surface area contributed by atoms with E-state index in [1.165, 1.54) is 12.1 Å². The summed E-state index contributed by atoms with van der Waals surface area (Å²) in [6.45, 7) is 1.52. The summed E-state index contributed by atoms with van der Waals surface area (Å²) in [4.78, 5) is -1.67. The minimum atomic E-state index is -4.92. The molecule has 0 spiro atoms. The van der Waals surface area contributed by atoms with Gasteiger partial charge in [0.1, 0.15) is 16.3 Å². The Labute approximate surface area is 184 Å². The van der Waals surface area contributed by atoms with Crippen LogP contribution in [0, 0.1) is 6.92 Å². The minimum Gasteiger partial charge on any atom is -0.491 e. The van der Waals surface area contributed by atoms with E-state index in [2.05, 4.69) is 10.2 Å². The quantitative estimate of drug-likeness (QED) is 0.166. The second-order valence-electron chi connectivity index (χ2n) is 6.44. The van der Waals surface area contributed by atoms with Crippen LogP contribution in [0.25, 0.3) is 0 Å². The summed E-state index contributed by atoms with van der Waals surface area (Å²) in [5, 5.41) is 7.60. The van der Waals surface area contributed by atoms with Gasteiger partial charge in [-0.2, -0.15) is 30.4 Å². The number of benzene rings is 2. The first kappa shape index (κ1) is 25.6. The zero-order valence-corrected chi connectivity index (χ0v) is 18.9. The largest absolute Gasteiger partial charge is 0.491 e. The molecule has 5 N–H and O–H groups in total. The number of nitrogens with two attached hydrogens (primary N) is 1. The molecule has 0 aliphatic carbocycles.